The molecule has 0 radical (unpaired) electrons. The molecule has 12 heteroatoms. The Kier molecular flexibility index (Phi) is 12.5. The first kappa shape index (κ1) is 35.3. The molecule has 1 heterocycles. The largest absolute Gasteiger partial charge is 0.453 e. The highest BCUT2D eigenvalue weighted by Gasteiger charge is 2.42. The van der Waals surface area contributed by atoms with Gasteiger partial charge in [0.25, 0.3) is 0 Å². The smallest absolute Gasteiger partial charge is 0.407 e. The number of halogens is 1. The van der Waals surface area contributed by atoms with E-state index in [1.54, 1.807) is 18.7 Å². The molecule has 3 rings (SSSR count). The Morgan fingerprint density at radius 1 is 1.15 bits per heavy atom. The number of ether oxygens (including phenoxy) is 1. The van der Waals surface area contributed by atoms with Crippen LogP contribution in [0.5, 0.6) is 0 Å². The molecule has 10 nitrogen and oxygen atoms in total. The SMILES string of the molecule is COC(=O)NC1Cc2ccccc2N(C(=O)CC(C)(C)C[C@H](N)[C@@H](O)CNS(=O)(=O)C(C)(C)C2CCCCC2)C1.Cl. The maximum Gasteiger partial charge on any atom is 0.407 e. The van der Waals surface area contributed by atoms with Crippen molar-refractivity contribution in [3.8, 4) is 0 Å². The van der Waals surface area contributed by atoms with Gasteiger partial charge in [0.15, 0.2) is 0 Å². The van der Waals surface area contributed by atoms with E-state index in [4.69, 9.17) is 10.5 Å². The molecule has 0 bridgehead atoms. The third-order valence-corrected chi connectivity index (χ3v) is 10.9. The minimum atomic E-state index is -3.67. The number of fused-ring (bicyclic) bond motifs is 1. The fraction of sp³-hybridized carbons (Fsp3) is 0.724. The Balaban J connectivity index is 0.00000588. The molecule has 234 valence electrons. The Labute approximate surface area is 251 Å². The first-order chi connectivity index (χ1) is 18.7. The van der Waals surface area contributed by atoms with Gasteiger partial charge in [0, 0.05) is 31.2 Å². The van der Waals surface area contributed by atoms with Crippen molar-refractivity contribution in [2.45, 2.75) is 102 Å². The van der Waals surface area contributed by atoms with Gasteiger partial charge in [-0.3, -0.25) is 4.79 Å². The van der Waals surface area contributed by atoms with E-state index in [9.17, 15) is 23.1 Å². The van der Waals surface area contributed by atoms with Crippen molar-refractivity contribution in [1.29, 1.82) is 0 Å². The molecule has 41 heavy (non-hydrogen) atoms. The average molecular weight is 617 g/mol. The lowest BCUT2D eigenvalue weighted by atomic mass is 9.80. The zero-order valence-electron chi connectivity index (χ0n) is 25.0. The van der Waals surface area contributed by atoms with Gasteiger partial charge in [-0.15, -0.1) is 12.4 Å². The van der Waals surface area contributed by atoms with Gasteiger partial charge < -0.3 is 25.8 Å². The van der Waals surface area contributed by atoms with E-state index < -0.39 is 38.4 Å². The number of hydrogen-bond donors (Lipinski definition) is 4. The highest BCUT2D eigenvalue weighted by atomic mass is 35.5. The first-order valence-corrected chi connectivity index (χ1v) is 15.8. The normalized spacial score (nSPS) is 19.9. The van der Waals surface area contributed by atoms with Gasteiger partial charge in [-0.05, 0) is 62.5 Å². The van der Waals surface area contributed by atoms with Gasteiger partial charge in [0.1, 0.15) is 0 Å². The molecule has 1 aromatic rings. The molecule has 2 aliphatic rings. The third-order valence-electron chi connectivity index (χ3n) is 8.64. The van der Waals surface area contributed by atoms with Gasteiger partial charge in [0.2, 0.25) is 15.9 Å². The summed E-state index contributed by atoms with van der Waals surface area (Å²) in [5.74, 6) is -0.0395. The van der Waals surface area contributed by atoms with Gasteiger partial charge in [-0.25, -0.2) is 17.9 Å². The van der Waals surface area contributed by atoms with Crippen molar-refractivity contribution < 1.29 is 27.9 Å². The monoisotopic (exact) mass is 616 g/mol. The number of carbonyl (C=O) groups is 2. The Morgan fingerprint density at radius 2 is 1.78 bits per heavy atom. The lowest BCUT2D eigenvalue weighted by Gasteiger charge is -2.38. The van der Waals surface area contributed by atoms with E-state index in [2.05, 4.69) is 10.0 Å². The van der Waals surface area contributed by atoms with Crippen molar-refractivity contribution >= 4 is 40.1 Å². The zero-order valence-corrected chi connectivity index (χ0v) is 26.7. The summed E-state index contributed by atoms with van der Waals surface area (Å²) in [6.07, 6.45) is 4.40. The van der Waals surface area contributed by atoms with E-state index in [1.165, 1.54) is 7.11 Å². The molecule has 1 fully saturated rings. The number of sulfonamides is 1. The fourth-order valence-corrected chi connectivity index (χ4v) is 7.49. The van der Waals surface area contributed by atoms with Crippen LogP contribution in [0.4, 0.5) is 10.5 Å². The van der Waals surface area contributed by atoms with E-state index in [1.807, 2.05) is 38.1 Å². The van der Waals surface area contributed by atoms with Crippen LogP contribution in [-0.4, -0.2) is 68.7 Å². The van der Waals surface area contributed by atoms with Gasteiger partial charge in [-0.2, -0.15) is 0 Å². The number of aliphatic hydroxyl groups is 1. The van der Waals surface area contributed by atoms with Crippen molar-refractivity contribution in [1.82, 2.24) is 10.0 Å². The Hall–Kier alpha value is -1.92. The summed E-state index contributed by atoms with van der Waals surface area (Å²) in [7, 11) is -2.37. The summed E-state index contributed by atoms with van der Waals surface area (Å²) in [5.41, 5.74) is 7.53. The minimum Gasteiger partial charge on any atom is -0.453 e. The fourth-order valence-electron chi connectivity index (χ4n) is 6.05. The van der Waals surface area contributed by atoms with Crippen LogP contribution < -0.4 is 20.7 Å². The number of methoxy groups -OCH3 is 1. The quantitative estimate of drug-likeness (QED) is 0.297. The number of alkyl carbamates (subject to hydrolysis) is 1. The van der Waals surface area contributed by atoms with Crippen LogP contribution in [0.3, 0.4) is 0 Å². The number of rotatable bonds is 11. The molecule has 1 saturated carbocycles. The molecule has 3 atom stereocenters. The lowest BCUT2D eigenvalue weighted by Crippen LogP contribution is -2.52. The summed E-state index contributed by atoms with van der Waals surface area (Å²) >= 11 is 0. The van der Waals surface area contributed by atoms with E-state index >= 15 is 0 Å². The van der Waals surface area contributed by atoms with Crippen LogP contribution in [-0.2, 0) is 26.0 Å². The van der Waals surface area contributed by atoms with Crippen LogP contribution in [0, 0.1) is 11.3 Å². The topological polar surface area (TPSA) is 151 Å². The number of hydrogen-bond acceptors (Lipinski definition) is 7. The lowest BCUT2D eigenvalue weighted by molar-refractivity contribution is -0.120. The van der Waals surface area contributed by atoms with Crippen LogP contribution >= 0.6 is 12.4 Å². The molecule has 1 unspecified atom stereocenters. The number of nitrogens with zero attached hydrogens (tertiary/aromatic N) is 1. The van der Waals surface area contributed by atoms with E-state index in [0.29, 0.717) is 19.4 Å². The maximum absolute atomic E-state index is 13.5. The number of carbonyl (C=O) groups excluding carboxylic acids is 2. The predicted molar refractivity (Wildman–Crippen MR) is 164 cm³/mol. The first-order valence-electron chi connectivity index (χ1n) is 14.3. The second-order valence-corrected chi connectivity index (χ2v) is 15.1. The molecular formula is C29H49ClN4O6S. The van der Waals surface area contributed by atoms with Crippen molar-refractivity contribution in [3.63, 3.8) is 0 Å². The summed E-state index contributed by atoms with van der Waals surface area (Å²) in [5, 5.41) is 13.6. The zero-order chi connectivity index (χ0) is 29.7. The number of aliphatic hydroxyl groups excluding tert-OH is 1. The number of nitrogens with one attached hydrogen (secondary N) is 2. The molecule has 0 aromatic heterocycles. The minimum absolute atomic E-state index is 0. The highest BCUT2D eigenvalue weighted by molar-refractivity contribution is 7.90. The second-order valence-electron chi connectivity index (χ2n) is 12.7. The molecule has 0 saturated heterocycles. The van der Waals surface area contributed by atoms with Crippen molar-refractivity contribution in [3.05, 3.63) is 29.8 Å². The van der Waals surface area contributed by atoms with Crippen LogP contribution in [0.15, 0.2) is 24.3 Å². The van der Waals surface area contributed by atoms with Crippen molar-refractivity contribution in [2.75, 3.05) is 25.1 Å². The van der Waals surface area contributed by atoms with Crippen LogP contribution in [0.1, 0.15) is 78.2 Å². The number of amides is 2. The van der Waals surface area contributed by atoms with Crippen molar-refractivity contribution in [2.24, 2.45) is 17.1 Å². The van der Waals surface area contributed by atoms with Gasteiger partial charge in [0.05, 0.1) is 24.0 Å². The summed E-state index contributed by atoms with van der Waals surface area (Å²) in [4.78, 5) is 27.0. The number of nitrogens with two attached hydrogens (primary N) is 1. The highest BCUT2D eigenvalue weighted by Crippen LogP contribution is 2.37. The number of benzene rings is 1. The summed E-state index contributed by atoms with van der Waals surface area (Å²) in [6, 6.07) is 6.59. The van der Waals surface area contributed by atoms with Crippen LogP contribution in [0.25, 0.3) is 0 Å². The Morgan fingerprint density at radius 3 is 2.41 bits per heavy atom. The molecule has 2 amide bonds. The predicted octanol–water partition coefficient (Wildman–Crippen LogP) is 3.50. The molecule has 1 aliphatic heterocycles. The third kappa shape index (κ3) is 9.03. The molecule has 0 spiro atoms. The maximum atomic E-state index is 13.5. The van der Waals surface area contributed by atoms with Crippen LogP contribution in [0.2, 0.25) is 0 Å². The van der Waals surface area contributed by atoms with Gasteiger partial charge >= 0.3 is 6.09 Å². The average Bonchev–Trinajstić information content (AvgIpc) is 2.90. The molecule has 1 aromatic carbocycles. The number of anilines is 1. The summed E-state index contributed by atoms with van der Waals surface area (Å²) < 4.78 is 32.7. The molecule has 1 aliphatic carbocycles. The second kappa shape index (κ2) is 14.5. The standard InChI is InChI=1S/C29H48N4O6S.ClH/c1-28(2,16-23(30)25(34)18-31-40(37,38)29(3,4)21-12-7-6-8-13-21)17-26(35)33-19-22(32-27(36)39-5)15-20-11-9-10-14-24(20)33;/h9-11,14,21-23,25,31,34H,6-8,12-13,15-19,30H2,1-5H3,(H,32,36);1H/t22?,23-,25-;/m0./s1. The van der Waals surface area contributed by atoms with E-state index in [-0.39, 0.29) is 43.2 Å². The van der Waals surface area contributed by atoms with E-state index in [0.717, 1.165) is 43.4 Å². The molecule has 5 N–H and O–H groups in total. The molecular weight excluding hydrogens is 568 g/mol. The van der Waals surface area contributed by atoms with Gasteiger partial charge in [-0.1, -0.05) is 51.3 Å². The Bertz CT molecular complexity index is 1140. The summed E-state index contributed by atoms with van der Waals surface area (Å²) in [6.45, 7) is 7.48. The number of para-hydroxylation sites is 1.